The Kier molecular flexibility index (Phi) is 7.85. The predicted molar refractivity (Wildman–Crippen MR) is 161 cm³/mol. The van der Waals surface area contributed by atoms with Crippen LogP contribution in [0.15, 0.2) is 53.4 Å². The molecule has 2 aliphatic heterocycles. The Morgan fingerprint density at radius 1 is 1.19 bits per heavy atom. The summed E-state index contributed by atoms with van der Waals surface area (Å²) in [7, 11) is -4.33. The highest BCUT2D eigenvalue weighted by molar-refractivity contribution is 7.90. The van der Waals surface area contributed by atoms with Crippen LogP contribution in [0.3, 0.4) is 0 Å². The van der Waals surface area contributed by atoms with Gasteiger partial charge in [-0.25, -0.2) is 17.9 Å². The Morgan fingerprint density at radius 3 is 2.74 bits per heavy atom. The summed E-state index contributed by atoms with van der Waals surface area (Å²) in [5.41, 5.74) is 2.64. The van der Waals surface area contributed by atoms with E-state index in [0.717, 1.165) is 37.0 Å². The number of carbonyl (C=O) groups excluding carboxylic acids is 1. The quantitative estimate of drug-likeness (QED) is 0.373. The first-order valence-electron chi connectivity index (χ1n) is 14.7. The Hall–Kier alpha value is -3.28. The molecule has 10 nitrogen and oxygen atoms in total. The molecule has 0 radical (unpaired) electrons. The monoisotopic (exact) mass is 629 g/mol. The van der Waals surface area contributed by atoms with Gasteiger partial charge in [-0.05, 0) is 92.3 Å². The number of hydrogen-bond acceptors (Lipinski definition) is 7. The van der Waals surface area contributed by atoms with Gasteiger partial charge in [-0.1, -0.05) is 29.8 Å². The van der Waals surface area contributed by atoms with Crippen molar-refractivity contribution in [1.29, 1.82) is 0 Å². The van der Waals surface area contributed by atoms with Gasteiger partial charge in [0, 0.05) is 30.1 Å². The van der Waals surface area contributed by atoms with Crippen molar-refractivity contribution in [3.63, 3.8) is 0 Å². The summed E-state index contributed by atoms with van der Waals surface area (Å²) in [5.74, 6) is -0.345. The molecule has 5 atom stereocenters. The van der Waals surface area contributed by atoms with Crippen molar-refractivity contribution in [2.75, 3.05) is 31.1 Å². The molecule has 0 saturated heterocycles. The van der Waals surface area contributed by atoms with Gasteiger partial charge in [0.1, 0.15) is 11.8 Å². The minimum atomic E-state index is -4.33. The number of nitrogens with one attached hydrogen (secondary N) is 1. The first-order valence-corrected chi connectivity index (χ1v) is 16.6. The molecule has 0 unspecified atom stereocenters. The van der Waals surface area contributed by atoms with Crippen molar-refractivity contribution in [3.8, 4) is 5.75 Å². The van der Waals surface area contributed by atoms with Crippen LogP contribution in [0.5, 0.6) is 5.75 Å². The van der Waals surface area contributed by atoms with E-state index < -0.39 is 34.2 Å². The maximum absolute atomic E-state index is 13.4. The molecule has 1 saturated carbocycles. The number of carboxylic acid groups (broad SMARTS) is 1. The number of benzene rings is 2. The van der Waals surface area contributed by atoms with Gasteiger partial charge in [0.05, 0.1) is 23.3 Å². The average Bonchev–Trinajstić information content (AvgIpc) is 3.09. The summed E-state index contributed by atoms with van der Waals surface area (Å²) in [6.45, 7) is 2.73. The zero-order chi connectivity index (χ0) is 30.5. The van der Waals surface area contributed by atoms with E-state index in [1.807, 2.05) is 12.1 Å². The van der Waals surface area contributed by atoms with Gasteiger partial charge < -0.3 is 19.8 Å². The third kappa shape index (κ3) is 5.58. The fraction of sp³-hybridized carbons (Fsp3) is 0.484. The van der Waals surface area contributed by atoms with Crippen LogP contribution in [0.1, 0.15) is 43.7 Å². The molecular weight excluding hydrogens is 594 g/mol. The smallest absolute Gasteiger partial charge is 0.408 e. The summed E-state index contributed by atoms with van der Waals surface area (Å²) in [6.07, 6.45) is 5.44. The van der Waals surface area contributed by atoms with Gasteiger partial charge in [0.2, 0.25) is 0 Å². The summed E-state index contributed by atoms with van der Waals surface area (Å²) >= 11 is 6.36. The second-order valence-electron chi connectivity index (χ2n) is 12.2. The number of carbonyl (C=O) groups is 2. The van der Waals surface area contributed by atoms with E-state index in [1.54, 1.807) is 12.1 Å². The van der Waals surface area contributed by atoms with Crippen LogP contribution >= 0.6 is 11.6 Å². The van der Waals surface area contributed by atoms with E-state index in [1.165, 1.54) is 36.3 Å². The third-order valence-corrected chi connectivity index (χ3v) is 11.2. The molecule has 2 heterocycles. The number of aliphatic hydroxyl groups excluding tert-OH is 1. The van der Waals surface area contributed by atoms with Crippen molar-refractivity contribution < 1.29 is 33.0 Å². The Bertz CT molecular complexity index is 1580. The largest absolute Gasteiger partial charge is 0.490 e. The van der Waals surface area contributed by atoms with Crippen LogP contribution in [0, 0.1) is 11.8 Å². The fourth-order valence-corrected chi connectivity index (χ4v) is 8.35. The van der Waals surface area contributed by atoms with Gasteiger partial charge in [0.25, 0.3) is 15.9 Å². The lowest BCUT2D eigenvalue weighted by atomic mass is 9.68. The molecule has 4 aliphatic rings. The van der Waals surface area contributed by atoms with E-state index in [9.17, 15) is 28.2 Å². The number of rotatable bonds is 0. The van der Waals surface area contributed by atoms with E-state index in [4.69, 9.17) is 16.3 Å². The zero-order valence-electron chi connectivity index (χ0n) is 23.9. The number of halogens is 1. The molecule has 2 aromatic rings. The van der Waals surface area contributed by atoms with Crippen molar-refractivity contribution in [1.82, 2.24) is 9.62 Å². The zero-order valence-corrected chi connectivity index (χ0v) is 25.5. The molecule has 6 rings (SSSR count). The highest BCUT2D eigenvalue weighted by atomic mass is 35.5. The number of aryl methyl sites for hydroxylation is 1. The van der Waals surface area contributed by atoms with E-state index in [2.05, 4.69) is 15.7 Å². The van der Waals surface area contributed by atoms with Crippen LogP contribution in [-0.4, -0.2) is 73.9 Å². The number of amides is 2. The van der Waals surface area contributed by atoms with Gasteiger partial charge >= 0.3 is 6.09 Å². The maximum atomic E-state index is 13.4. The van der Waals surface area contributed by atoms with Crippen LogP contribution in [0.25, 0.3) is 0 Å². The predicted octanol–water partition coefficient (Wildman–Crippen LogP) is 3.94. The average molecular weight is 630 g/mol. The van der Waals surface area contributed by atoms with Gasteiger partial charge in [0.15, 0.2) is 0 Å². The highest BCUT2D eigenvalue weighted by Crippen LogP contribution is 2.47. The van der Waals surface area contributed by atoms with Gasteiger partial charge in [-0.15, -0.1) is 0 Å². The number of sulfonamides is 1. The minimum Gasteiger partial charge on any atom is -0.490 e. The van der Waals surface area contributed by atoms with Crippen molar-refractivity contribution in [2.45, 2.75) is 61.5 Å². The van der Waals surface area contributed by atoms with Crippen LogP contribution in [0.2, 0.25) is 5.02 Å². The molecule has 1 spiro atoms. The highest BCUT2D eigenvalue weighted by Gasteiger charge is 2.44. The van der Waals surface area contributed by atoms with E-state index in [-0.39, 0.29) is 28.7 Å². The normalized spacial score (nSPS) is 30.3. The van der Waals surface area contributed by atoms with Gasteiger partial charge in [-0.2, -0.15) is 0 Å². The molecule has 12 heteroatoms. The number of ether oxygens (including phenoxy) is 1. The van der Waals surface area contributed by atoms with Crippen molar-refractivity contribution in [3.05, 3.63) is 64.7 Å². The third-order valence-electron chi connectivity index (χ3n) is 9.65. The second kappa shape index (κ2) is 11.3. The summed E-state index contributed by atoms with van der Waals surface area (Å²) < 4.78 is 35.4. The Labute approximate surface area is 256 Å². The number of nitrogens with zero attached hydrogens (tertiary/aromatic N) is 2. The molecule has 2 aliphatic carbocycles. The van der Waals surface area contributed by atoms with E-state index >= 15 is 0 Å². The first kappa shape index (κ1) is 29.8. The summed E-state index contributed by atoms with van der Waals surface area (Å²) in [6, 6.07) is 9.28. The molecule has 2 amide bonds. The molecule has 2 bridgehead atoms. The summed E-state index contributed by atoms with van der Waals surface area (Å²) in [5, 5.41) is 21.5. The molecule has 2 aromatic carbocycles. The lowest BCUT2D eigenvalue weighted by Crippen LogP contribution is -2.50. The van der Waals surface area contributed by atoms with E-state index in [0.29, 0.717) is 36.2 Å². The number of anilines is 1. The number of fused-ring (bicyclic) bond motifs is 4. The molecule has 0 aromatic heterocycles. The van der Waals surface area contributed by atoms with Crippen molar-refractivity contribution >= 4 is 39.3 Å². The molecule has 3 N–H and O–H groups in total. The summed E-state index contributed by atoms with van der Waals surface area (Å²) in [4.78, 5) is 27.8. The first-order chi connectivity index (χ1) is 20.5. The molecular formula is C31H36ClN3O7S. The lowest BCUT2D eigenvalue weighted by molar-refractivity contribution is -0.123. The molecule has 1 fully saturated rings. The van der Waals surface area contributed by atoms with Crippen LogP contribution in [0.4, 0.5) is 10.5 Å². The second-order valence-corrected chi connectivity index (χ2v) is 14.4. The van der Waals surface area contributed by atoms with Gasteiger partial charge in [-0.3, -0.25) is 9.69 Å². The molecule has 230 valence electrons. The Morgan fingerprint density at radius 2 is 2.00 bits per heavy atom. The number of aliphatic hydroxyl groups is 1. The molecule has 43 heavy (non-hydrogen) atoms. The SMILES string of the molecule is C[C@H]1C(=O)NS(=O)(=O)c2ccc3c(c2)N(C[C@@H]2CC[C@H]2[C@@H](O)C=CCN1C(=O)O)C[C@@]1(CCCc2cc(Cl)ccc21)CO3. The standard InChI is InChI=1S/C31H36ClN3O7S/c1-19-29(37)33-43(40,41)23-8-11-28-26(15-23)34(16-21-6-9-24(21)27(36)5-3-13-35(19)30(38)39)17-31(18-42-28)12-2-4-20-14-22(32)7-10-25(20)31/h3,5,7-8,10-11,14-15,19,21,24,27,36H,2,4,6,9,12-13,16-18H2,1H3,(H,33,37)(H,38,39)/t19-,21-,24+,27-,31-/m0/s1. The van der Waals surface area contributed by atoms with Crippen LogP contribution in [-0.2, 0) is 26.7 Å². The van der Waals surface area contributed by atoms with Crippen molar-refractivity contribution in [2.24, 2.45) is 11.8 Å². The topological polar surface area (TPSA) is 136 Å². The fourth-order valence-electron chi connectivity index (χ4n) is 7.09. The number of hydrogen-bond donors (Lipinski definition) is 3. The minimum absolute atomic E-state index is 0.0453. The lowest BCUT2D eigenvalue weighted by Gasteiger charge is -2.45. The Balaban J connectivity index is 1.43. The maximum Gasteiger partial charge on any atom is 0.408 e. The van der Waals surface area contributed by atoms with Crippen LogP contribution < -0.4 is 14.4 Å².